The van der Waals surface area contributed by atoms with Crippen molar-refractivity contribution in [2.24, 2.45) is 0 Å². The number of nitrogens with zero attached hydrogens (tertiary/aromatic N) is 4. The first-order valence-electron chi connectivity index (χ1n) is 6.07. The Morgan fingerprint density at radius 3 is 3.16 bits per heavy atom. The Bertz CT molecular complexity index is 555. The molecule has 0 unspecified atom stereocenters. The normalized spacial score (nSPS) is 23.7. The lowest BCUT2D eigenvalue weighted by Gasteiger charge is -2.25. The smallest absolute Gasteiger partial charge is 0.257 e. The van der Waals surface area contributed by atoms with Crippen LogP contribution in [0.1, 0.15) is 24.7 Å². The van der Waals surface area contributed by atoms with E-state index in [9.17, 15) is 0 Å². The summed E-state index contributed by atoms with van der Waals surface area (Å²) in [7, 11) is 0. The van der Waals surface area contributed by atoms with Crippen LogP contribution in [0.2, 0.25) is 0 Å². The quantitative estimate of drug-likeness (QED) is 0.910. The summed E-state index contributed by atoms with van der Waals surface area (Å²) in [6.07, 6.45) is 3.55. The molecule has 2 aromatic heterocycles. The van der Waals surface area contributed by atoms with Crippen molar-refractivity contribution in [2.45, 2.75) is 25.7 Å². The molecule has 8 heteroatoms. The van der Waals surface area contributed by atoms with Crippen molar-refractivity contribution in [3.63, 3.8) is 0 Å². The van der Waals surface area contributed by atoms with Gasteiger partial charge in [0.25, 0.3) is 5.89 Å². The van der Waals surface area contributed by atoms with E-state index in [1.54, 1.807) is 10.9 Å². The zero-order chi connectivity index (χ0) is 13.2. The number of morpholine rings is 1. The molecule has 0 spiro atoms. The fourth-order valence-electron chi connectivity index (χ4n) is 1.97. The Balaban J connectivity index is 1.69. The van der Waals surface area contributed by atoms with Crippen molar-refractivity contribution in [3.8, 4) is 0 Å². The van der Waals surface area contributed by atoms with Crippen LogP contribution in [0.5, 0.6) is 0 Å². The number of halogens is 1. The maximum Gasteiger partial charge on any atom is 0.257 e. The molecule has 1 aliphatic heterocycles. The van der Waals surface area contributed by atoms with Crippen LogP contribution in [-0.4, -0.2) is 39.1 Å². The van der Waals surface area contributed by atoms with Crippen LogP contribution in [0.25, 0.3) is 0 Å². The number of hydrogen-bond acceptors (Lipinski definition) is 6. The molecule has 2 aromatic rings. The van der Waals surface area contributed by atoms with Crippen LogP contribution in [0.4, 0.5) is 0 Å². The van der Waals surface area contributed by atoms with Gasteiger partial charge in [-0.15, -0.1) is 0 Å². The minimum absolute atomic E-state index is 0.149. The molecule has 0 bridgehead atoms. The van der Waals surface area contributed by atoms with E-state index in [0.717, 1.165) is 11.0 Å². The van der Waals surface area contributed by atoms with Crippen molar-refractivity contribution in [1.29, 1.82) is 0 Å². The molecule has 3 rings (SSSR count). The van der Waals surface area contributed by atoms with Gasteiger partial charge < -0.3 is 14.6 Å². The maximum atomic E-state index is 5.75. The molecule has 0 aromatic carbocycles. The van der Waals surface area contributed by atoms with Gasteiger partial charge in [-0.2, -0.15) is 10.1 Å². The predicted octanol–water partition coefficient (Wildman–Crippen LogP) is 1.13. The third-order valence-electron chi connectivity index (χ3n) is 2.82. The second kappa shape index (κ2) is 5.40. The first kappa shape index (κ1) is 12.8. The fourth-order valence-corrected chi connectivity index (χ4v) is 2.30. The second-order valence-corrected chi connectivity index (χ2v) is 5.41. The molecule has 0 amide bonds. The largest absolute Gasteiger partial charge is 0.363 e. The fraction of sp³-hybridized carbons (Fsp3) is 0.545. The van der Waals surface area contributed by atoms with Gasteiger partial charge in [0.15, 0.2) is 5.82 Å². The monoisotopic (exact) mass is 327 g/mol. The zero-order valence-electron chi connectivity index (χ0n) is 10.4. The molecular weight excluding hydrogens is 314 g/mol. The van der Waals surface area contributed by atoms with Gasteiger partial charge in [-0.05, 0) is 22.9 Å². The first-order chi connectivity index (χ1) is 9.20. The van der Waals surface area contributed by atoms with E-state index in [1.165, 1.54) is 0 Å². The maximum absolute atomic E-state index is 5.75. The van der Waals surface area contributed by atoms with Crippen LogP contribution >= 0.6 is 15.9 Å². The Kier molecular flexibility index (Phi) is 3.63. The third kappa shape index (κ3) is 3.02. The Morgan fingerprint density at radius 1 is 1.53 bits per heavy atom. The highest BCUT2D eigenvalue weighted by Crippen LogP contribution is 2.19. The number of ether oxygens (including phenoxy) is 1. The molecule has 1 aliphatic rings. The van der Waals surface area contributed by atoms with Crippen molar-refractivity contribution < 1.29 is 9.26 Å². The van der Waals surface area contributed by atoms with Crippen LogP contribution in [-0.2, 0) is 11.3 Å². The van der Waals surface area contributed by atoms with Crippen molar-refractivity contribution in [3.05, 3.63) is 28.6 Å². The van der Waals surface area contributed by atoms with Crippen molar-refractivity contribution in [1.82, 2.24) is 25.2 Å². The van der Waals surface area contributed by atoms with Crippen molar-refractivity contribution >= 4 is 15.9 Å². The number of aromatic nitrogens is 4. The average molecular weight is 328 g/mol. The highest BCUT2D eigenvalue weighted by molar-refractivity contribution is 9.10. The van der Waals surface area contributed by atoms with E-state index in [4.69, 9.17) is 9.26 Å². The molecule has 7 nitrogen and oxygen atoms in total. The standard InChI is InChI=1S/C11H14BrN5O2/c1-7-2-13-4-9(18-7)11-15-10(16-19-11)6-17-5-8(12)3-14-17/h3,5,7,9,13H,2,4,6H2,1H3/t7-,9-/m1/s1. The van der Waals surface area contributed by atoms with Crippen LogP contribution in [0.3, 0.4) is 0 Å². The molecule has 0 saturated carbocycles. The van der Waals surface area contributed by atoms with E-state index < -0.39 is 0 Å². The van der Waals surface area contributed by atoms with Crippen LogP contribution in [0.15, 0.2) is 21.4 Å². The third-order valence-corrected chi connectivity index (χ3v) is 3.23. The highest BCUT2D eigenvalue weighted by atomic mass is 79.9. The van der Waals surface area contributed by atoms with Crippen molar-refractivity contribution in [2.75, 3.05) is 13.1 Å². The lowest BCUT2D eigenvalue weighted by Crippen LogP contribution is -2.39. The lowest BCUT2D eigenvalue weighted by molar-refractivity contribution is -0.0438. The molecule has 2 atom stereocenters. The van der Waals surface area contributed by atoms with E-state index in [-0.39, 0.29) is 12.2 Å². The van der Waals surface area contributed by atoms with Crippen LogP contribution in [0, 0.1) is 0 Å². The molecular formula is C11H14BrN5O2. The SMILES string of the molecule is C[C@@H]1CNC[C@H](c2nc(Cn3cc(Br)cn3)no2)O1. The lowest BCUT2D eigenvalue weighted by atomic mass is 10.2. The van der Waals surface area contributed by atoms with E-state index in [0.29, 0.717) is 24.8 Å². The van der Waals surface area contributed by atoms with Gasteiger partial charge in [-0.1, -0.05) is 5.16 Å². The summed E-state index contributed by atoms with van der Waals surface area (Å²) >= 11 is 3.34. The minimum atomic E-state index is -0.172. The predicted molar refractivity (Wildman–Crippen MR) is 69.5 cm³/mol. The van der Waals surface area contributed by atoms with E-state index >= 15 is 0 Å². The summed E-state index contributed by atoms with van der Waals surface area (Å²) in [4.78, 5) is 4.35. The second-order valence-electron chi connectivity index (χ2n) is 4.50. The molecule has 1 saturated heterocycles. The van der Waals surface area contributed by atoms with E-state index in [1.807, 2.05) is 13.1 Å². The van der Waals surface area contributed by atoms with E-state index in [2.05, 4.69) is 36.5 Å². The molecule has 3 heterocycles. The zero-order valence-corrected chi connectivity index (χ0v) is 12.0. The Labute approximate surface area is 118 Å². The number of nitrogens with one attached hydrogen (secondary N) is 1. The highest BCUT2D eigenvalue weighted by Gasteiger charge is 2.25. The molecule has 1 N–H and O–H groups in total. The van der Waals surface area contributed by atoms with Crippen LogP contribution < -0.4 is 5.32 Å². The Morgan fingerprint density at radius 2 is 2.42 bits per heavy atom. The topological polar surface area (TPSA) is 78.0 Å². The molecule has 0 aliphatic carbocycles. The summed E-state index contributed by atoms with van der Waals surface area (Å²) in [6, 6.07) is 0. The number of rotatable bonds is 3. The van der Waals surface area contributed by atoms with Gasteiger partial charge in [-0.25, -0.2) is 0 Å². The van der Waals surface area contributed by atoms with Gasteiger partial charge in [0, 0.05) is 19.3 Å². The molecule has 19 heavy (non-hydrogen) atoms. The van der Waals surface area contributed by atoms with Gasteiger partial charge in [0.05, 0.1) is 16.8 Å². The molecule has 102 valence electrons. The average Bonchev–Trinajstić information content (AvgIpc) is 2.99. The summed E-state index contributed by atoms with van der Waals surface area (Å²) in [5.41, 5.74) is 0. The molecule has 0 radical (unpaired) electrons. The Hall–Kier alpha value is -1.25. The molecule has 1 fully saturated rings. The van der Waals surface area contributed by atoms with Gasteiger partial charge in [0.1, 0.15) is 12.6 Å². The number of hydrogen-bond donors (Lipinski definition) is 1. The summed E-state index contributed by atoms with van der Waals surface area (Å²) in [5, 5.41) is 11.4. The minimum Gasteiger partial charge on any atom is -0.363 e. The first-order valence-corrected chi connectivity index (χ1v) is 6.86. The van der Waals surface area contributed by atoms with Gasteiger partial charge in [-0.3, -0.25) is 4.68 Å². The van der Waals surface area contributed by atoms with Gasteiger partial charge >= 0.3 is 0 Å². The summed E-state index contributed by atoms with van der Waals surface area (Å²) in [5.74, 6) is 1.10. The summed E-state index contributed by atoms with van der Waals surface area (Å²) in [6.45, 7) is 4.03. The summed E-state index contributed by atoms with van der Waals surface area (Å²) < 4.78 is 13.7. The van der Waals surface area contributed by atoms with Gasteiger partial charge in [0.2, 0.25) is 0 Å².